The van der Waals surface area contributed by atoms with E-state index < -0.39 is 0 Å². The van der Waals surface area contributed by atoms with E-state index in [1.165, 1.54) is 36.8 Å². The predicted octanol–water partition coefficient (Wildman–Crippen LogP) is 5.91. The predicted molar refractivity (Wildman–Crippen MR) is 113 cm³/mol. The average molecular weight is 395 g/mol. The van der Waals surface area contributed by atoms with Gasteiger partial charge in [-0.15, -0.1) is 0 Å². The summed E-state index contributed by atoms with van der Waals surface area (Å²) >= 11 is 0. The molecule has 2 saturated carbocycles. The highest BCUT2D eigenvalue weighted by Crippen LogP contribution is 2.66. The molecule has 0 N–H and O–H groups in total. The zero-order valence-corrected chi connectivity index (χ0v) is 18.1. The zero-order valence-electron chi connectivity index (χ0n) is 18.1. The summed E-state index contributed by atoms with van der Waals surface area (Å²) in [6.45, 7) is 6.72. The average Bonchev–Trinajstić information content (AvgIpc) is 3.24. The van der Waals surface area contributed by atoms with Crippen LogP contribution >= 0.6 is 0 Å². The Kier molecular flexibility index (Phi) is 4.46. The summed E-state index contributed by atoms with van der Waals surface area (Å²) in [5, 5.41) is 0. The maximum absolute atomic E-state index is 12.3. The highest BCUT2D eigenvalue weighted by atomic mass is 16.5. The molecule has 0 unspecified atom stereocenters. The molecule has 29 heavy (non-hydrogen) atoms. The third-order valence-corrected chi connectivity index (χ3v) is 9.46. The molecule has 0 spiro atoms. The van der Waals surface area contributed by atoms with Crippen LogP contribution in [0.25, 0.3) is 0 Å². The van der Waals surface area contributed by atoms with Crippen LogP contribution in [0.3, 0.4) is 0 Å². The van der Waals surface area contributed by atoms with Gasteiger partial charge in [0.25, 0.3) is 0 Å². The van der Waals surface area contributed by atoms with Crippen LogP contribution in [0.4, 0.5) is 0 Å². The third-order valence-electron chi connectivity index (χ3n) is 9.46. The van der Waals surface area contributed by atoms with Crippen LogP contribution in [-0.4, -0.2) is 11.8 Å². The first-order chi connectivity index (χ1) is 13.8. The normalized spacial score (nSPS) is 45.1. The van der Waals surface area contributed by atoms with Gasteiger partial charge in [0.1, 0.15) is 11.5 Å². The Bertz CT molecular complexity index is 846. The topological polar surface area (TPSA) is 43.4 Å². The van der Waals surface area contributed by atoms with Crippen LogP contribution in [0.5, 0.6) is 0 Å². The molecule has 0 amide bonds. The molecule has 0 radical (unpaired) electrons. The molecule has 1 aliphatic heterocycles. The molecular weight excluding hydrogens is 360 g/mol. The number of hydrogen-bond acceptors (Lipinski definition) is 3. The van der Waals surface area contributed by atoms with E-state index in [0.29, 0.717) is 18.1 Å². The summed E-state index contributed by atoms with van der Waals surface area (Å²) in [6.07, 6.45) is 16.5. The van der Waals surface area contributed by atoms with Crippen molar-refractivity contribution in [2.45, 2.75) is 78.6 Å². The van der Waals surface area contributed by atoms with Crippen molar-refractivity contribution in [1.82, 2.24) is 0 Å². The molecule has 1 heterocycles. The minimum absolute atomic E-state index is 0.0945. The van der Waals surface area contributed by atoms with Crippen LogP contribution in [-0.2, 0) is 14.3 Å². The zero-order chi connectivity index (χ0) is 20.4. The van der Waals surface area contributed by atoms with Gasteiger partial charge in [-0.1, -0.05) is 26.0 Å². The number of allylic oxidation sites excluding steroid dienone is 6. The van der Waals surface area contributed by atoms with Crippen molar-refractivity contribution in [1.29, 1.82) is 0 Å². The Balaban J connectivity index is 1.42. The second kappa shape index (κ2) is 6.68. The highest BCUT2D eigenvalue weighted by Gasteiger charge is 2.58. The van der Waals surface area contributed by atoms with Crippen molar-refractivity contribution < 1.29 is 14.3 Å². The van der Waals surface area contributed by atoms with Crippen molar-refractivity contribution in [2.24, 2.45) is 34.5 Å². The van der Waals surface area contributed by atoms with E-state index in [0.717, 1.165) is 43.3 Å². The SMILES string of the molecule is CC(=O)[C@H]1CC[C@H]2[C@@H]3CC=C4C=C(/C=C5\CCC(=O)O5)CC[C@]4(C)[C@H]3CC[C@]12C. The van der Waals surface area contributed by atoms with Gasteiger partial charge in [0.2, 0.25) is 0 Å². The summed E-state index contributed by atoms with van der Waals surface area (Å²) in [4.78, 5) is 23.7. The van der Waals surface area contributed by atoms with Crippen LogP contribution in [0, 0.1) is 34.5 Å². The summed E-state index contributed by atoms with van der Waals surface area (Å²) in [7, 11) is 0. The molecule has 3 fully saturated rings. The quantitative estimate of drug-likeness (QED) is 0.547. The fourth-order valence-corrected chi connectivity index (χ4v) is 7.91. The Morgan fingerprint density at radius 3 is 2.66 bits per heavy atom. The summed E-state index contributed by atoms with van der Waals surface area (Å²) in [5.41, 5.74) is 3.30. The molecule has 5 rings (SSSR count). The van der Waals surface area contributed by atoms with Gasteiger partial charge >= 0.3 is 5.97 Å². The Hall–Kier alpha value is -1.64. The summed E-state index contributed by atoms with van der Waals surface area (Å²) in [5.74, 6) is 3.62. The van der Waals surface area contributed by atoms with Gasteiger partial charge in [-0.3, -0.25) is 9.59 Å². The Morgan fingerprint density at radius 2 is 1.93 bits per heavy atom. The number of carbonyl (C=O) groups is 2. The molecule has 0 aromatic rings. The number of ketones is 1. The molecule has 3 nitrogen and oxygen atoms in total. The van der Waals surface area contributed by atoms with E-state index in [9.17, 15) is 9.59 Å². The molecule has 0 aromatic carbocycles. The number of fused-ring (bicyclic) bond motifs is 5. The van der Waals surface area contributed by atoms with E-state index in [1.54, 1.807) is 0 Å². The Labute approximate surface area is 174 Å². The number of Topliss-reactive ketones (excluding diaryl/α,β-unsaturated/α-hetero) is 1. The Morgan fingerprint density at radius 1 is 1.10 bits per heavy atom. The van der Waals surface area contributed by atoms with Gasteiger partial charge in [0.15, 0.2) is 0 Å². The number of rotatable bonds is 2. The van der Waals surface area contributed by atoms with Gasteiger partial charge < -0.3 is 4.74 Å². The molecule has 0 bridgehead atoms. The van der Waals surface area contributed by atoms with Gasteiger partial charge in [0, 0.05) is 12.3 Å². The first-order valence-electron chi connectivity index (χ1n) is 11.6. The van der Waals surface area contributed by atoms with Crippen molar-refractivity contribution in [3.8, 4) is 0 Å². The van der Waals surface area contributed by atoms with Crippen molar-refractivity contribution in [3.63, 3.8) is 0 Å². The van der Waals surface area contributed by atoms with Crippen LogP contribution in [0.1, 0.15) is 78.6 Å². The van der Waals surface area contributed by atoms with Gasteiger partial charge in [-0.25, -0.2) is 0 Å². The molecule has 156 valence electrons. The maximum Gasteiger partial charge on any atom is 0.311 e. The van der Waals surface area contributed by atoms with E-state index in [2.05, 4.69) is 32.1 Å². The standard InChI is InChI=1S/C26H34O3/c1-16(27)21-7-8-22-20-6-4-18-14-17(15-19-5-9-24(28)29-19)10-12-25(18,2)23(20)11-13-26(21,22)3/h4,14-15,20-23H,5-13H2,1-3H3/b19-15+/t20-,21+,22-,23-,25-,26+/m0/s1. The molecule has 3 heteroatoms. The molecular formula is C26H34O3. The fraction of sp³-hybridized carbons (Fsp3) is 0.692. The van der Waals surface area contributed by atoms with Gasteiger partial charge in [0.05, 0.1) is 6.42 Å². The first kappa shape index (κ1) is 19.3. The first-order valence-corrected chi connectivity index (χ1v) is 11.6. The summed E-state index contributed by atoms with van der Waals surface area (Å²) in [6, 6.07) is 0. The maximum atomic E-state index is 12.3. The molecule has 5 aliphatic rings. The minimum Gasteiger partial charge on any atom is -0.431 e. The lowest BCUT2D eigenvalue weighted by atomic mass is 9.47. The highest BCUT2D eigenvalue weighted by molar-refractivity contribution is 5.79. The summed E-state index contributed by atoms with van der Waals surface area (Å²) < 4.78 is 5.33. The number of carbonyl (C=O) groups excluding carboxylic acids is 2. The van der Waals surface area contributed by atoms with E-state index >= 15 is 0 Å². The molecule has 1 saturated heterocycles. The monoisotopic (exact) mass is 394 g/mol. The van der Waals surface area contributed by atoms with Crippen molar-refractivity contribution in [2.75, 3.05) is 0 Å². The van der Waals surface area contributed by atoms with Crippen LogP contribution < -0.4 is 0 Å². The minimum atomic E-state index is -0.0945. The fourth-order valence-electron chi connectivity index (χ4n) is 7.91. The van der Waals surface area contributed by atoms with Crippen molar-refractivity contribution in [3.05, 3.63) is 35.1 Å². The van der Waals surface area contributed by atoms with Gasteiger partial charge in [-0.2, -0.15) is 0 Å². The van der Waals surface area contributed by atoms with Crippen LogP contribution in [0.15, 0.2) is 35.1 Å². The second-order valence-electron chi connectivity index (χ2n) is 10.8. The second-order valence-corrected chi connectivity index (χ2v) is 10.8. The number of esters is 1. The van der Waals surface area contributed by atoms with Crippen LogP contribution in [0.2, 0.25) is 0 Å². The van der Waals surface area contributed by atoms with Crippen molar-refractivity contribution >= 4 is 11.8 Å². The van der Waals surface area contributed by atoms with E-state index in [1.807, 2.05) is 6.92 Å². The molecule has 4 aliphatic carbocycles. The largest absolute Gasteiger partial charge is 0.431 e. The lowest BCUT2D eigenvalue weighted by Gasteiger charge is -2.57. The van der Waals surface area contributed by atoms with Gasteiger partial charge in [-0.05, 0) is 97.7 Å². The smallest absolute Gasteiger partial charge is 0.311 e. The lowest BCUT2D eigenvalue weighted by Crippen LogP contribution is -2.49. The lowest BCUT2D eigenvalue weighted by molar-refractivity contribution is -0.135. The number of cyclic esters (lactones) is 1. The number of ether oxygens (including phenoxy) is 1. The van der Waals surface area contributed by atoms with E-state index in [-0.39, 0.29) is 22.7 Å². The number of hydrogen-bond donors (Lipinski definition) is 0. The third kappa shape index (κ3) is 2.91. The van der Waals surface area contributed by atoms with E-state index in [4.69, 9.17) is 4.74 Å². The molecule has 6 atom stereocenters. The molecule has 0 aromatic heterocycles.